The van der Waals surface area contributed by atoms with E-state index in [1.807, 2.05) is 0 Å². The van der Waals surface area contributed by atoms with Gasteiger partial charge in [0.25, 0.3) is 0 Å². The quantitative estimate of drug-likeness (QED) is 0.487. The van der Waals surface area contributed by atoms with Crippen molar-refractivity contribution in [1.82, 2.24) is 9.97 Å². The molecule has 0 amide bonds. The van der Waals surface area contributed by atoms with Crippen LogP contribution in [0.1, 0.15) is 0 Å². The fourth-order valence-electron chi connectivity index (χ4n) is 0.225. The van der Waals surface area contributed by atoms with Gasteiger partial charge in [0.1, 0.15) is 0 Å². The predicted octanol–water partition coefficient (Wildman–Crippen LogP) is 1.12. The number of halogens is 1. The van der Waals surface area contributed by atoms with Gasteiger partial charge in [-0.3, -0.25) is 0 Å². The summed E-state index contributed by atoms with van der Waals surface area (Å²) in [6.45, 7) is 0. The molecule has 1 aromatic rings. The maximum Gasteiger partial charge on any atom is -0.0387 e. The van der Waals surface area contributed by atoms with Gasteiger partial charge in [0.05, 0.1) is 0 Å². The molecule has 8 heavy (non-hydrogen) atoms. The summed E-state index contributed by atoms with van der Waals surface area (Å²) in [6.07, 6.45) is 7.24. The Morgan fingerprint density at radius 1 is 1.38 bits per heavy atom. The molecule has 0 spiro atoms. The van der Waals surface area contributed by atoms with Crippen LogP contribution in [0.3, 0.4) is 0 Å². The largest absolute Gasteiger partial charge is 0.456 e. The first-order valence-electron chi connectivity index (χ1n) is 1.89. The van der Waals surface area contributed by atoms with Crippen LogP contribution in [0.15, 0.2) is 18.6 Å². The minimum Gasteiger partial charge on any atom is -0.456 e. The van der Waals surface area contributed by atoms with Crippen molar-refractivity contribution in [2.45, 2.75) is 0 Å². The van der Waals surface area contributed by atoms with E-state index in [1.54, 1.807) is 12.4 Å². The zero-order chi connectivity index (χ0) is 6.24. The predicted molar refractivity (Wildman–Crippen MR) is 29.8 cm³/mol. The fourth-order valence-corrected chi connectivity index (χ4v) is 0.225. The Hall–Kier alpha value is 0.183. The second kappa shape index (κ2) is 7.18. The van der Waals surface area contributed by atoms with Crippen molar-refractivity contribution in [3.8, 4) is 0 Å². The van der Waals surface area contributed by atoms with Gasteiger partial charge in [0.15, 0.2) is 0 Å². The van der Waals surface area contributed by atoms with Gasteiger partial charge in [-0.05, 0) is 12.4 Å². The first-order valence-corrected chi connectivity index (χ1v) is 8.84. The zero-order valence-corrected chi connectivity index (χ0v) is 8.76. The molecule has 0 aliphatic rings. The van der Waals surface area contributed by atoms with Crippen molar-refractivity contribution in [1.29, 1.82) is 0 Å². The van der Waals surface area contributed by atoms with Crippen LogP contribution in [0, 0.1) is 6.20 Å². The first kappa shape index (κ1) is 8.18. The number of hydrogen-bond donors (Lipinski definition) is 0. The second-order valence-corrected chi connectivity index (χ2v) is 0.835. The van der Waals surface area contributed by atoms with Crippen LogP contribution in [0.4, 0.5) is 0 Å². The molecule has 0 N–H and O–H groups in total. The van der Waals surface area contributed by atoms with E-state index < -0.39 is 0 Å². The van der Waals surface area contributed by atoms with Gasteiger partial charge in [-0.25, -0.2) is 0 Å². The summed E-state index contributed by atoms with van der Waals surface area (Å²) in [5, 5.41) is 0. The molecule has 0 bridgehead atoms. The molecule has 4 heteroatoms. The Morgan fingerprint density at radius 2 is 2.12 bits per heavy atom. The summed E-state index contributed by atoms with van der Waals surface area (Å²) in [6, 6.07) is 0. The summed E-state index contributed by atoms with van der Waals surface area (Å²) in [5.74, 6) is 0. The molecule has 38 valence electrons. The van der Waals surface area contributed by atoms with Gasteiger partial charge in [-0.2, -0.15) is 0 Å². The van der Waals surface area contributed by atoms with Gasteiger partial charge in [0, 0.05) is 0 Å². The number of nitrogens with zero attached hydrogens (tertiary/aromatic N) is 2. The summed E-state index contributed by atoms with van der Waals surface area (Å²) >= 11 is 4.25. The average molecular weight is 224 g/mol. The van der Waals surface area contributed by atoms with E-state index in [-0.39, 0.29) is 0 Å². The molecule has 0 aliphatic carbocycles. The van der Waals surface area contributed by atoms with Gasteiger partial charge < -0.3 is 9.97 Å². The molecule has 0 atom stereocenters. The summed E-state index contributed by atoms with van der Waals surface area (Å²) in [7, 11) is 0. The minimum atomic E-state index is 1.19. The van der Waals surface area contributed by atoms with Gasteiger partial charge in [-0.1, -0.05) is 0 Å². The molecule has 0 saturated carbocycles. The molecule has 0 unspecified atom stereocenters. The molecular formula is C4H3BrN2Zn. The smallest absolute Gasteiger partial charge is 0.0387 e. The Bertz CT molecular complexity index is 86.0. The molecule has 1 aromatic heterocycles. The van der Waals surface area contributed by atoms with E-state index in [9.17, 15) is 0 Å². The molecule has 2 nitrogen and oxygen atoms in total. The van der Waals surface area contributed by atoms with Crippen LogP contribution in [-0.4, -0.2) is 9.97 Å². The van der Waals surface area contributed by atoms with Crippen molar-refractivity contribution < 1.29 is 16.3 Å². The Kier molecular flexibility index (Phi) is 7.35. The SMILES string of the molecule is [Zn+][Br].[c-]1cnccn1. The van der Waals surface area contributed by atoms with E-state index in [0.29, 0.717) is 0 Å². The normalized spacial score (nSPS) is 6.88. The third-order valence-electron chi connectivity index (χ3n) is 0.434. The van der Waals surface area contributed by atoms with Crippen molar-refractivity contribution in [3.63, 3.8) is 0 Å². The standard InChI is InChI=1S/C4H3N2.BrH.Zn/c1-2-6-4-3-5-1;;/h1-3H;1H;/q-1;;+2/p-1. The summed E-state index contributed by atoms with van der Waals surface area (Å²) in [4.78, 5) is 7.26. The molecule has 0 saturated heterocycles. The molecule has 0 aliphatic heterocycles. The number of aromatic nitrogens is 2. The maximum absolute atomic E-state index is 3.67. The van der Waals surface area contributed by atoms with E-state index >= 15 is 0 Å². The molecular weight excluding hydrogens is 221 g/mol. The Balaban J connectivity index is 0.000000222. The van der Waals surface area contributed by atoms with E-state index in [2.05, 4.69) is 29.8 Å². The topological polar surface area (TPSA) is 25.8 Å². The summed E-state index contributed by atoms with van der Waals surface area (Å²) in [5.41, 5.74) is 0. The van der Waals surface area contributed by atoms with Crippen LogP contribution in [0.2, 0.25) is 0 Å². The minimum absolute atomic E-state index is 1.19. The van der Waals surface area contributed by atoms with E-state index in [0.717, 1.165) is 0 Å². The number of hydrogen-bond acceptors (Lipinski definition) is 2. The van der Waals surface area contributed by atoms with Crippen LogP contribution in [0.5, 0.6) is 0 Å². The fraction of sp³-hybridized carbons (Fsp3) is 0. The third-order valence-corrected chi connectivity index (χ3v) is 0.434. The van der Waals surface area contributed by atoms with Crippen molar-refractivity contribution >= 4 is 13.6 Å². The molecule has 1 rings (SSSR count). The Labute approximate surface area is 64.8 Å². The molecule has 0 aromatic carbocycles. The average Bonchev–Trinajstić information content (AvgIpc) is 1.96. The molecule has 0 fully saturated rings. The van der Waals surface area contributed by atoms with E-state index in [1.165, 1.54) is 22.5 Å². The van der Waals surface area contributed by atoms with Crippen LogP contribution in [-0.2, 0) is 16.3 Å². The van der Waals surface area contributed by atoms with Crippen molar-refractivity contribution in [3.05, 3.63) is 24.8 Å². The van der Waals surface area contributed by atoms with E-state index in [4.69, 9.17) is 0 Å². The number of rotatable bonds is 0. The molecule has 0 radical (unpaired) electrons. The van der Waals surface area contributed by atoms with Crippen molar-refractivity contribution in [2.75, 3.05) is 0 Å². The first-order chi connectivity index (χ1) is 4.00. The monoisotopic (exact) mass is 222 g/mol. The van der Waals surface area contributed by atoms with Crippen LogP contribution in [0.25, 0.3) is 0 Å². The summed E-state index contributed by atoms with van der Waals surface area (Å²) < 4.78 is 0. The van der Waals surface area contributed by atoms with Crippen LogP contribution < -0.4 is 0 Å². The van der Waals surface area contributed by atoms with Crippen molar-refractivity contribution in [2.24, 2.45) is 0 Å². The van der Waals surface area contributed by atoms with Gasteiger partial charge in [0.2, 0.25) is 0 Å². The van der Waals surface area contributed by atoms with Gasteiger partial charge >= 0.3 is 30.0 Å². The van der Waals surface area contributed by atoms with Crippen LogP contribution >= 0.6 is 13.6 Å². The maximum atomic E-state index is 3.67. The third kappa shape index (κ3) is 4.35. The molecule has 1 heterocycles. The Morgan fingerprint density at radius 3 is 2.25 bits per heavy atom. The zero-order valence-electron chi connectivity index (χ0n) is 4.21. The van der Waals surface area contributed by atoms with Gasteiger partial charge in [-0.15, -0.1) is 12.4 Å². The second-order valence-electron chi connectivity index (χ2n) is 0.835.